The third kappa shape index (κ3) is 7.79. The first-order valence-corrected chi connectivity index (χ1v) is 9.60. The second kappa shape index (κ2) is 10.7. The lowest BCUT2D eigenvalue weighted by Crippen LogP contribution is -2.43. The van der Waals surface area contributed by atoms with E-state index in [0.717, 1.165) is 9.37 Å². The van der Waals surface area contributed by atoms with Crippen LogP contribution in [0.15, 0.2) is 57.9 Å². The van der Waals surface area contributed by atoms with Crippen molar-refractivity contribution < 1.29 is 23.5 Å². The van der Waals surface area contributed by atoms with E-state index in [1.54, 1.807) is 36.4 Å². The van der Waals surface area contributed by atoms with E-state index in [4.69, 9.17) is 4.74 Å². The van der Waals surface area contributed by atoms with Gasteiger partial charge in [0.15, 0.2) is 6.61 Å². The fourth-order valence-corrected chi connectivity index (χ4v) is 2.93. The molecule has 0 aliphatic heterocycles. The lowest BCUT2D eigenvalue weighted by Gasteiger charge is -2.08. The number of esters is 1. The summed E-state index contributed by atoms with van der Waals surface area (Å²) in [5.74, 6) is -1.57. The zero-order valence-corrected chi connectivity index (χ0v) is 16.4. The third-order valence-electron chi connectivity index (χ3n) is 3.17. The molecule has 0 radical (unpaired) electrons. The van der Waals surface area contributed by atoms with Crippen molar-refractivity contribution in [3.63, 3.8) is 0 Å². The van der Waals surface area contributed by atoms with Gasteiger partial charge in [-0.15, -0.1) is 11.8 Å². The van der Waals surface area contributed by atoms with Gasteiger partial charge in [-0.25, -0.2) is 4.39 Å². The Bertz CT molecular complexity index is 800. The first-order valence-electron chi connectivity index (χ1n) is 7.83. The van der Waals surface area contributed by atoms with E-state index < -0.39 is 24.4 Å². The van der Waals surface area contributed by atoms with E-state index in [-0.39, 0.29) is 12.2 Å². The largest absolute Gasteiger partial charge is 0.455 e. The first-order chi connectivity index (χ1) is 12.9. The quantitative estimate of drug-likeness (QED) is 0.381. The molecule has 0 unspecified atom stereocenters. The molecule has 2 N–H and O–H groups in total. The lowest BCUT2D eigenvalue weighted by atomic mass is 10.2. The number of nitrogens with one attached hydrogen (secondary N) is 2. The van der Waals surface area contributed by atoms with Crippen LogP contribution in [0.25, 0.3) is 0 Å². The van der Waals surface area contributed by atoms with Gasteiger partial charge in [0.25, 0.3) is 11.8 Å². The highest BCUT2D eigenvalue weighted by Crippen LogP contribution is 2.18. The fraction of sp³-hybridized carbons (Fsp3) is 0.167. The highest BCUT2D eigenvalue weighted by molar-refractivity contribution is 9.10. The van der Waals surface area contributed by atoms with Crippen LogP contribution in [0, 0.1) is 5.82 Å². The van der Waals surface area contributed by atoms with Gasteiger partial charge in [0.2, 0.25) is 0 Å². The van der Waals surface area contributed by atoms with Crippen molar-refractivity contribution in [2.24, 2.45) is 0 Å². The molecule has 142 valence electrons. The summed E-state index contributed by atoms with van der Waals surface area (Å²) in [6.45, 7) is -0.499. The van der Waals surface area contributed by atoms with Gasteiger partial charge >= 0.3 is 5.97 Å². The molecule has 0 aliphatic rings. The van der Waals surface area contributed by atoms with E-state index in [2.05, 4.69) is 26.8 Å². The maximum Gasteiger partial charge on any atom is 0.307 e. The van der Waals surface area contributed by atoms with Crippen LogP contribution in [0.5, 0.6) is 0 Å². The molecule has 0 aromatic heterocycles. The van der Waals surface area contributed by atoms with Crippen LogP contribution in [0.4, 0.5) is 4.39 Å². The molecule has 0 bridgehead atoms. The van der Waals surface area contributed by atoms with Gasteiger partial charge in [-0.3, -0.25) is 25.2 Å². The topological polar surface area (TPSA) is 84.5 Å². The molecule has 0 aliphatic carbocycles. The summed E-state index contributed by atoms with van der Waals surface area (Å²) in [7, 11) is 0. The minimum Gasteiger partial charge on any atom is -0.455 e. The number of hydrogen-bond donors (Lipinski definition) is 2. The van der Waals surface area contributed by atoms with Gasteiger partial charge in [-0.05, 0) is 48.5 Å². The third-order valence-corrected chi connectivity index (χ3v) is 4.72. The monoisotopic (exact) mass is 454 g/mol. The van der Waals surface area contributed by atoms with Gasteiger partial charge in [-0.1, -0.05) is 15.9 Å². The Kier molecular flexibility index (Phi) is 8.28. The van der Waals surface area contributed by atoms with Crippen molar-refractivity contribution >= 4 is 45.5 Å². The summed E-state index contributed by atoms with van der Waals surface area (Å²) < 4.78 is 18.4. The zero-order valence-electron chi connectivity index (χ0n) is 14.0. The average molecular weight is 455 g/mol. The predicted octanol–water partition coefficient (Wildman–Crippen LogP) is 3.07. The Labute approximate surface area is 168 Å². The summed E-state index contributed by atoms with van der Waals surface area (Å²) in [4.78, 5) is 35.9. The van der Waals surface area contributed by atoms with Gasteiger partial charge in [-0.2, -0.15) is 0 Å². The number of amides is 2. The molecule has 9 heteroatoms. The molecule has 6 nitrogen and oxygen atoms in total. The number of thioether (sulfide) groups is 1. The smallest absolute Gasteiger partial charge is 0.307 e. The van der Waals surface area contributed by atoms with Gasteiger partial charge < -0.3 is 4.74 Å². The second-order valence-electron chi connectivity index (χ2n) is 5.22. The maximum atomic E-state index is 12.8. The van der Waals surface area contributed by atoms with Crippen LogP contribution in [-0.4, -0.2) is 30.1 Å². The van der Waals surface area contributed by atoms with E-state index >= 15 is 0 Å². The standard InChI is InChI=1S/C18H16BrFN2O4S/c19-13-3-1-12(2-4-13)18(25)22-21-16(23)11-26-17(24)9-10-27-15-7-5-14(20)6-8-15/h1-8H,9-11H2,(H,21,23)(H,22,25). The van der Waals surface area contributed by atoms with E-state index in [1.165, 1.54) is 23.9 Å². The molecular weight excluding hydrogens is 439 g/mol. The normalized spacial score (nSPS) is 10.1. The fourth-order valence-electron chi connectivity index (χ4n) is 1.84. The van der Waals surface area contributed by atoms with Gasteiger partial charge in [0.1, 0.15) is 5.82 Å². The molecule has 0 atom stereocenters. The molecule has 0 saturated heterocycles. The summed E-state index contributed by atoms with van der Waals surface area (Å²) in [6, 6.07) is 12.5. The van der Waals surface area contributed by atoms with E-state index in [0.29, 0.717) is 11.3 Å². The first kappa shape index (κ1) is 20.9. The number of benzene rings is 2. The average Bonchev–Trinajstić information content (AvgIpc) is 2.66. The SMILES string of the molecule is O=C(COC(=O)CCSc1ccc(F)cc1)NNC(=O)c1ccc(Br)cc1. The number of hydrogen-bond acceptors (Lipinski definition) is 5. The van der Waals surface area contributed by atoms with E-state index in [9.17, 15) is 18.8 Å². The summed E-state index contributed by atoms with van der Waals surface area (Å²) in [5.41, 5.74) is 4.77. The Morgan fingerprint density at radius 3 is 2.33 bits per heavy atom. The van der Waals surface area contributed by atoms with Crippen molar-refractivity contribution in [1.82, 2.24) is 10.9 Å². The van der Waals surface area contributed by atoms with Gasteiger partial charge in [0, 0.05) is 20.7 Å². The van der Waals surface area contributed by atoms with Crippen molar-refractivity contribution in [2.45, 2.75) is 11.3 Å². The molecule has 2 aromatic carbocycles. The van der Waals surface area contributed by atoms with Gasteiger partial charge in [0.05, 0.1) is 6.42 Å². The van der Waals surface area contributed by atoms with Crippen molar-refractivity contribution in [1.29, 1.82) is 0 Å². The number of carbonyl (C=O) groups is 3. The molecule has 0 spiro atoms. The molecule has 2 amide bonds. The molecule has 0 fully saturated rings. The van der Waals surface area contributed by atoms with Crippen LogP contribution in [0.1, 0.15) is 16.8 Å². The van der Waals surface area contributed by atoms with Crippen molar-refractivity contribution in [3.8, 4) is 0 Å². The second-order valence-corrected chi connectivity index (χ2v) is 7.31. The highest BCUT2D eigenvalue weighted by Gasteiger charge is 2.10. The molecule has 2 aromatic rings. The van der Waals surface area contributed by atoms with Crippen molar-refractivity contribution in [2.75, 3.05) is 12.4 Å². The molecule has 2 rings (SSSR count). The van der Waals surface area contributed by atoms with E-state index in [1.807, 2.05) is 0 Å². The lowest BCUT2D eigenvalue weighted by molar-refractivity contribution is -0.148. The Balaban J connectivity index is 1.61. The number of ether oxygens (including phenoxy) is 1. The Morgan fingerprint density at radius 1 is 1.00 bits per heavy atom. The molecule has 0 heterocycles. The Hall–Kier alpha value is -2.39. The number of halogens is 2. The number of hydrazine groups is 1. The zero-order chi connectivity index (χ0) is 19.6. The van der Waals surface area contributed by atoms with Crippen LogP contribution in [0.2, 0.25) is 0 Å². The minimum absolute atomic E-state index is 0.0978. The number of carbonyl (C=O) groups excluding carboxylic acids is 3. The molecular formula is C18H16BrFN2O4S. The summed E-state index contributed by atoms with van der Waals surface area (Å²) in [5, 5.41) is 0. The van der Waals surface area contributed by atoms with Crippen LogP contribution >= 0.6 is 27.7 Å². The predicted molar refractivity (Wildman–Crippen MR) is 102 cm³/mol. The van der Waals surface area contributed by atoms with Crippen molar-refractivity contribution in [3.05, 3.63) is 64.4 Å². The summed E-state index contributed by atoms with van der Waals surface area (Å²) in [6.07, 6.45) is 0.0978. The molecule has 27 heavy (non-hydrogen) atoms. The van der Waals surface area contributed by atoms with Crippen LogP contribution in [0.3, 0.4) is 0 Å². The summed E-state index contributed by atoms with van der Waals surface area (Å²) >= 11 is 4.63. The minimum atomic E-state index is -0.653. The van der Waals surface area contributed by atoms with Crippen LogP contribution in [-0.2, 0) is 14.3 Å². The van der Waals surface area contributed by atoms with Crippen LogP contribution < -0.4 is 10.9 Å². The highest BCUT2D eigenvalue weighted by atomic mass is 79.9. The molecule has 0 saturated carbocycles. The number of rotatable bonds is 7. The Morgan fingerprint density at radius 2 is 1.67 bits per heavy atom. The maximum absolute atomic E-state index is 12.8.